The molecule has 0 bridgehead atoms. The van der Waals surface area contributed by atoms with Gasteiger partial charge in [0.1, 0.15) is 18.6 Å². The number of aliphatic carboxylic acids is 1. The van der Waals surface area contributed by atoms with Crippen molar-refractivity contribution in [3.05, 3.63) is 65.7 Å². The van der Waals surface area contributed by atoms with Crippen molar-refractivity contribution in [2.75, 3.05) is 12.0 Å². The number of carbonyl (C=O) groups is 1. The molecular formula is C17H15ClN2O3. The van der Waals surface area contributed by atoms with Crippen molar-refractivity contribution in [2.45, 2.75) is 0 Å². The topological polar surface area (TPSA) is 70.9 Å². The number of benzene rings is 2. The third-order valence-electron chi connectivity index (χ3n) is 2.89. The molecule has 0 saturated carbocycles. The molecular weight excluding hydrogens is 316 g/mol. The lowest BCUT2D eigenvalue weighted by Crippen LogP contribution is -2.03. The number of nitrogens with zero attached hydrogens (tertiary/aromatic N) is 1. The number of ether oxygens (including phenoxy) is 1. The first-order valence-corrected chi connectivity index (χ1v) is 7.11. The van der Waals surface area contributed by atoms with Crippen LogP contribution in [0.4, 0.5) is 5.69 Å². The zero-order valence-corrected chi connectivity index (χ0v) is 13.0. The molecule has 0 radical (unpaired) electrons. The summed E-state index contributed by atoms with van der Waals surface area (Å²) < 4.78 is 5.72. The number of anilines is 1. The summed E-state index contributed by atoms with van der Waals surface area (Å²) in [5.74, 6) is -0.691. The first-order chi connectivity index (χ1) is 11.1. The minimum absolute atomic E-state index is 0.266. The van der Waals surface area contributed by atoms with Gasteiger partial charge in [0.25, 0.3) is 0 Å². The lowest BCUT2D eigenvalue weighted by atomic mass is 10.1. The van der Waals surface area contributed by atoms with E-state index in [2.05, 4.69) is 17.1 Å². The molecule has 23 heavy (non-hydrogen) atoms. The van der Waals surface area contributed by atoms with Gasteiger partial charge in [-0.2, -0.15) is 5.10 Å². The summed E-state index contributed by atoms with van der Waals surface area (Å²) in [6.45, 7) is 4.26. The summed E-state index contributed by atoms with van der Waals surface area (Å²) in [7, 11) is 0. The molecule has 0 aliphatic carbocycles. The van der Waals surface area contributed by atoms with Crippen molar-refractivity contribution in [3.63, 3.8) is 0 Å². The highest BCUT2D eigenvalue weighted by atomic mass is 35.5. The number of halogens is 1. The molecule has 2 aromatic rings. The summed E-state index contributed by atoms with van der Waals surface area (Å²) in [6, 6.07) is 14.6. The molecule has 2 rings (SSSR count). The summed E-state index contributed by atoms with van der Waals surface area (Å²) in [6.07, 6.45) is 0.751. The molecule has 0 spiro atoms. The second kappa shape index (κ2) is 8.00. The van der Waals surface area contributed by atoms with Gasteiger partial charge in [0.2, 0.25) is 0 Å². The van der Waals surface area contributed by atoms with Gasteiger partial charge in [0.15, 0.2) is 0 Å². The average molecular weight is 331 g/mol. The van der Waals surface area contributed by atoms with Crippen LogP contribution < -0.4 is 10.2 Å². The Bertz CT molecular complexity index is 730. The van der Waals surface area contributed by atoms with E-state index in [0.29, 0.717) is 16.5 Å². The molecule has 6 heteroatoms. The standard InChI is InChI=1S/C17H15ClN2O3/c1-12(13-5-3-2-4-6-13)11-23-16-9-14(18)7-8-15(16)20-19-10-17(21)22/h2-10,20H,1,11H2,(H,21,22)/b19-10+. The Morgan fingerprint density at radius 3 is 2.74 bits per heavy atom. The van der Waals surface area contributed by atoms with Gasteiger partial charge in [-0.25, -0.2) is 4.79 Å². The van der Waals surface area contributed by atoms with Crippen LogP contribution in [0.2, 0.25) is 5.02 Å². The Morgan fingerprint density at radius 1 is 1.30 bits per heavy atom. The largest absolute Gasteiger partial charge is 0.487 e. The molecule has 0 unspecified atom stereocenters. The van der Waals surface area contributed by atoms with Crippen LogP contribution in [0.1, 0.15) is 5.56 Å². The van der Waals surface area contributed by atoms with Crippen LogP contribution in [-0.2, 0) is 4.79 Å². The molecule has 5 nitrogen and oxygen atoms in total. The van der Waals surface area contributed by atoms with Crippen LogP contribution in [-0.4, -0.2) is 23.9 Å². The van der Waals surface area contributed by atoms with Crippen LogP contribution in [0, 0.1) is 0 Å². The van der Waals surface area contributed by atoms with Gasteiger partial charge in [0.05, 0.1) is 5.69 Å². The highest BCUT2D eigenvalue weighted by Crippen LogP contribution is 2.29. The Hall–Kier alpha value is -2.79. The minimum atomic E-state index is -1.15. The zero-order valence-electron chi connectivity index (χ0n) is 12.2. The SMILES string of the molecule is C=C(COc1cc(Cl)ccc1N/N=C/C(=O)O)c1ccccc1. The summed E-state index contributed by atoms with van der Waals surface area (Å²) >= 11 is 5.97. The number of carboxylic acid groups (broad SMARTS) is 1. The molecule has 2 aromatic carbocycles. The molecule has 0 fully saturated rings. The molecule has 0 aliphatic heterocycles. The number of hydrogen-bond acceptors (Lipinski definition) is 4. The monoisotopic (exact) mass is 330 g/mol. The quantitative estimate of drug-likeness (QED) is 0.596. The lowest BCUT2D eigenvalue weighted by molar-refractivity contribution is -0.128. The van der Waals surface area contributed by atoms with Crippen molar-refractivity contribution in [2.24, 2.45) is 5.10 Å². The minimum Gasteiger partial charge on any atom is -0.487 e. The average Bonchev–Trinajstić information content (AvgIpc) is 2.55. The number of carboxylic acids is 1. The van der Waals surface area contributed by atoms with Crippen molar-refractivity contribution in [1.29, 1.82) is 0 Å². The van der Waals surface area contributed by atoms with E-state index in [1.54, 1.807) is 18.2 Å². The first kappa shape index (κ1) is 16.6. The molecule has 0 saturated heterocycles. The van der Waals surface area contributed by atoms with E-state index in [9.17, 15) is 4.79 Å². The van der Waals surface area contributed by atoms with Gasteiger partial charge in [-0.05, 0) is 23.3 Å². The van der Waals surface area contributed by atoms with E-state index in [4.69, 9.17) is 21.4 Å². The highest BCUT2D eigenvalue weighted by molar-refractivity contribution is 6.30. The Labute approximate surface area is 138 Å². The molecule has 0 heterocycles. The Kier molecular flexibility index (Phi) is 5.77. The second-order valence-electron chi connectivity index (χ2n) is 4.61. The molecule has 2 N–H and O–H groups in total. The van der Waals surface area contributed by atoms with Gasteiger partial charge >= 0.3 is 5.97 Å². The number of nitrogens with one attached hydrogen (secondary N) is 1. The third-order valence-corrected chi connectivity index (χ3v) is 3.12. The van der Waals surface area contributed by atoms with Gasteiger partial charge in [-0.3, -0.25) is 5.43 Å². The van der Waals surface area contributed by atoms with Crippen LogP contribution in [0.15, 0.2) is 60.2 Å². The van der Waals surface area contributed by atoms with Crippen molar-refractivity contribution in [1.82, 2.24) is 0 Å². The molecule has 0 amide bonds. The van der Waals surface area contributed by atoms with Crippen LogP contribution in [0.5, 0.6) is 5.75 Å². The van der Waals surface area contributed by atoms with Crippen molar-refractivity contribution < 1.29 is 14.6 Å². The van der Waals surface area contributed by atoms with E-state index in [1.165, 1.54) is 0 Å². The smallest absolute Gasteiger partial charge is 0.348 e. The van der Waals surface area contributed by atoms with Crippen LogP contribution in [0.3, 0.4) is 0 Å². The van der Waals surface area contributed by atoms with E-state index < -0.39 is 5.97 Å². The number of rotatable bonds is 7. The van der Waals surface area contributed by atoms with Gasteiger partial charge in [0, 0.05) is 11.1 Å². The number of hydrogen-bond donors (Lipinski definition) is 2. The maximum Gasteiger partial charge on any atom is 0.348 e. The fourth-order valence-corrected chi connectivity index (χ4v) is 1.95. The normalized spacial score (nSPS) is 10.5. The third kappa shape index (κ3) is 5.16. The van der Waals surface area contributed by atoms with E-state index in [0.717, 1.165) is 17.4 Å². The number of hydrazone groups is 1. The molecule has 118 valence electrons. The summed E-state index contributed by atoms with van der Waals surface area (Å²) in [5.41, 5.74) is 4.91. The lowest BCUT2D eigenvalue weighted by Gasteiger charge is -2.13. The maximum atomic E-state index is 10.4. The molecule has 0 aromatic heterocycles. The van der Waals surface area contributed by atoms with Crippen molar-refractivity contribution >= 4 is 35.0 Å². The van der Waals surface area contributed by atoms with E-state index >= 15 is 0 Å². The molecule has 0 aliphatic rings. The zero-order chi connectivity index (χ0) is 16.7. The van der Waals surface area contributed by atoms with Gasteiger partial charge < -0.3 is 9.84 Å². The second-order valence-corrected chi connectivity index (χ2v) is 5.04. The summed E-state index contributed by atoms with van der Waals surface area (Å²) in [5, 5.41) is 12.6. The Morgan fingerprint density at radius 2 is 2.04 bits per heavy atom. The van der Waals surface area contributed by atoms with Crippen LogP contribution >= 0.6 is 11.6 Å². The van der Waals surface area contributed by atoms with E-state index in [1.807, 2.05) is 30.3 Å². The predicted molar refractivity (Wildman–Crippen MR) is 92.2 cm³/mol. The maximum absolute atomic E-state index is 10.4. The predicted octanol–water partition coefficient (Wildman–Crippen LogP) is 3.91. The fraction of sp³-hybridized carbons (Fsp3) is 0.0588. The van der Waals surface area contributed by atoms with Crippen LogP contribution in [0.25, 0.3) is 5.57 Å². The molecule has 0 atom stereocenters. The summed E-state index contributed by atoms with van der Waals surface area (Å²) in [4.78, 5) is 10.4. The van der Waals surface area contributed by atoms with Gasteiger partial charge in [-0.1, -0.05) is 48.5 Å². The van der Waals surface area contributed by atoms with E-state index in [-0.39, 0.29) is 6.61 Å². The van der Waals surface area contributed by atoms with Crippen molar-refractivity contribution in [3.8, 4) is 5.75 Å². The fourth-order valence-electron chi connectivity index (χ4n) is 1.79. The Balaban J connectivity index is 2.07. The highest BCUT2D eigenvalue weighted by Gasteiger charge is 2.06. The van der Waals surface area contributed by atoms with Gasteiger partial charge in [-0.15, -0.1) is 0 Å². The first-order valence-electron chi connectivity index (χ1n) is 6.74.